The number of carbonyl (C=O) groups excluding carboxylic acids is 1. The molecule has 0 aliphatic rings. The molecule has 0 spiro atoms. The second kappa shape index (κ2) is 11.5. The van der Waals surface area contributed by atoms with Gasteiger partial charge in [-0.25, -0.2) is 0 Å². The molecule has 0 aliphatic carbocycles. The zero-order valence-electron chi connectivity index (χ0n) is 20.8. The first-order valence-corrected chi connectivity index (χ1v) is 12.3. The highest BCUT2D eigenvalue weighted by molar-refractivity contribution is 6.00. The first kappa shape index (κ1) is 25.0. The summed E-state index contributed by atoms with van der Waals surface area (Å²) in [5, 5.41) is 17.9. The van der Waals surface area contributed by atoms with Crippen LogP contribution in [-0.4, -0.2) is 17.0 Å². The molecule has 36 heavy (non-hydrogen) atoms. The molecular formula is C31H32N2O3. The average Bonchev–Trinajstić information content (AvgIpc) is 2.89. The van der Waals surface area contributed by atoms with Crippen LogP contribution in [0.3, 0.4) is 0 Å². The van der Waals surface area contributed by atoms with E-state index < -0.39 is 5.97 Å². The Kier molecular flexibility index (Phi) is 8.01. The van der Waals surface area contributed by atoms with Crippen LogP contribution in [0.2, 0.25) is 0 Å². The van der Waals surface area contributed by atoms with Crippen LogP contribution in [0.5, 0.6) is 0 Å². The molecule has 5 heteroatoms. The van der Waals surface area contributed by atoms with E-state index >= 15 is 0 Å². The number of carboxylic acid groups (broad SMARTS) is 1. The minimum atomic E-state index is -0.817. The Balaban J connectivity index is 1.60. The number of rotatable bonds is 10. The van der Waals surface area contributed by atoms with E-state index in [2.05, 4.69) is 34.9 Å². The number of hydrogen-bond donors (Lipinski definition) is 3. The van der Waals surface area contributed by atoms with Gasteiger partial charge in [0, 0.05) is 24.3 Å². The van der Waals surface area contributed by atoms with E-state index in [0.717, 1.165) is 44.4 Å². The monoisotopic (exact) mass is 480 g/mol. The normalized spacial score (nSPS) is 11.7. The van der Waals surface area contributed by atoms with Crippen LogP contribution >= 0.6 is 0 Å². The zero-order valence-corrected chi connectivity index (χ0v) is 20.8. The van der Waals surface area contributed by atoms with E-state index in [1.807, 2.05) is 74.5 Å². The van der Waals surface area contributed by atoms with Crippen molar-refractivity contribution in [3.63, 3.8) is 0 Å². The van der Waals surface area contributed by atoms with Gasteiger partial charge in [-0.1, -0.05) is 78.9 Å². The van der Waals surface area contributed by atoms with Gasteiger partial charge in [-0.3, -0.25) is 9.59 Å². The lowest BCUT2D eigenvalue weighted by Crippen LogP contribution is -2.21. The maximum Gasteiger partial charge on any atom is 0.303 e. The summed E-state index contributed by atoms with van der Waals surface area (Å²) in [7, 11) is 0. The average molecular weight is 481 g/mol. The molecule has 0 heterocycles. The van der Waals surface area contributed by atoms with Crippen LogP contribution in [0.15, 0.2) is 84.9 Å². The second-order valence-electron chi connectivity index (χ2n) is 9.14. The highest BCUT2D eigenvalue weighted by atomic mass is 16.4. The molecule has 0 aliphatic heterocycles. The fourth-order valence-electron chi connectivity index (χ4n) is 4.57. The third-order valence-electron chi connectivity index (χ3n) is 6.65. The Bertz CT molecular complexity index is 1360. The molecule has 1 amide bonds. The van der Waals surface area contributed by atoms with Crippen molar-refractivity contribution in [1.82, 2.24) is 0 Å². The third kappa shape index (κ3) is 5.92. The summed E-state index contributed by atoms with van der Waals surface area (Å²) in [4.78, 5) is 24.6. The molecule has 5 nitrogen and oxygen atoms in total. The zero-order chi connectivity index (χ0) is 25.5. The Morgan fingerprint density at radius 1 is 0.889 bits per heavy atom. The first-order valence-electron chi connectivity index (χ1n) is 12.3. The van der Waals surface area contributed by atoms with E-state index in [1.54, 1.807) is 0 Å². The predicted octanol–water partition coefficient (Wildman–Crippen LogP) is 6.91. The van der Waals surface area contributed by atoms with Gasteiger partial charge in [0.1, 0.15) is 0 Å². The number of amides is 1. The number of hydrogen-bond acceptors (Lipinski definition) is 3. The highest BCUT2D eigenvalue weighted by Gasteiger charge is 2.20. The first-order chi connectivity index (χ1) is 17.4. The molecule has 1 atom stereocenters. The van der Waals surface area contributed by atoms with Crippen molar-refractivity contribution >= 4 is 34.0 Å². The topological polar surface area (TPSA) is 78.4 Å². The highest BCUT2D eigenvalue weighted by Crippen LogP contribution is 2.32. The standard InChI is InChI=1S/C31H32N2O3/c1-21(26-16-8-13-24-12-6-7-15-27(24)26)31(36)33-30-22(2)28(32-20-23-10-4-3-5-11-23)19-18-25(30)14-9-17-29(34)35/h3-8,10-13,15-16,18-19,21,32H,9,14,17,20H2,1-2H3,(H,33,36)(H,34,35). The van der Waals surface area contributed by atoms with E-state index in [-0.39, 0.29) is 18.2 Å². The van der Waals surface area contributed by atoms with Crippen molar-refractivity contribution < 1.29 is 14.7 Å². The van der Waals surface area contributed by atoms with Gasteiger partial charge in [-0.05, 0) is 65.8 Å². The van der Waals surface area contributed by atoms with E-state index in [0.29, 0.717) is 19.4 Å². The van der Waals surface area contributed by atoms with Crippen LogP contribution in [0.1, 0.15) is 47.9 Å². The summed E-state index contributed by atoms with van der Waals surface area (Å²) in [6.07, 6.45) is 1.17. The van der Waals surface area contributed by atoms with E-state index in [9.17, 15) is 9.59 Å². The van der Waals surface area contributed by atoms with Crippen LogP contribution in [0.4, 0.5) is 11.4 Å². The van der Waals surface area contributed by atoms with Crippen LogP contribution in [0, 0.1) is 6.92 Å². The predicted molar refractivity (Wildman–Crippen MR) is 147 cm³/mol. The maximum atomic E-state index is 13.5. The number of nitrogens with one attached hydrogen (secondary N) is 2. The van der Waals surface area contributed by atoms with Crippen molar-refractivity contribution in [3.8, 4) is 0 Å². The molecule has 4 aromatic rings. The molecule has 0 saturated heterocycles. The number of aliphatic carboxylic acids is 1. The molecule has 0 aromatic heterocycles. The van der Waals surface area contributed by atoms with Gasteiger partial charge in [0.05, 0.1) is 5.92 Å². The number of fused-ring (bicyclic) bond motifs is 1. The van der Waals surface area contributed by atoms with Gasteiger partial charge in [-0.15, -0.1) is 0 Å². The number of aryl methyl sites for hydroxylation is 1. The minimum Gasteiger partial charge on any atom is -0.481 e. The molecule has 0 saturated carbocycles. The molecule has 184 valence electrons. The summed E-state index contributed by atoms with van der Waals surface area (Å²) in [6.45, 7) is 4.58. The van der Waals surface area contributed by atoms with Crippen LogP contribution < -0.4 is 10.6 Å². The lowest BCUT2D eigenvalue weighted by Gasteiger charge is -2.21. The van der Waals surface area contributed by atoms with Crippen molar-refractivity contribution in [1.29, 1.82) is 0 Å². The third-order valence-corrected chi connectivity index (χ3v) is 6.65. The molecule has 4 aromatic carbocycles. The molecule has 4 rings (SSSR count). The van der Waals surface area contributed by atoms with Gasteiger partial charge >= 0.3 is 5.97 Å². The summed E-state index contributed by atoms with van der Waals surface area (Å²) in [6, 6.07) is 28.3. The fourth-order valence-corrected chi connectivity index (χ4v) is 4.57. The quantitative estimate of drug-likeness (QED) is 0.230. The van der Waals surface area contributed by atoms with Crippen LogP contribution in [0.25, 0.3) is 10.8 Å². The fraction of sp³-hybridized carbons (Fsp3) is 0.226. The lowest BCUT2D eigenvalue weighted by molar-refractivity contribution is -0.137. The minimum absolute atomic E-state index is 0.0888. The van der Waals surface area contributed by atoms with Crippen molar-refractivity contribution in [3.05, 3.63) is 107 Å². The molecule has 0 radical (unpaired) electrons. The number of carbonyl (C=O) groups is 2. The summed E-state index contributed by atoms with van der Waals surface area (Å²) in [5.41, 5.74) is 5.73. The van der Waals surface area contributed by atoms with Gasteiger partial charge in [-0.2, -0.15) is 0 Å². The Hall–Kier alpha value is -4.12. The lowest BCUT2D eigenvalue weighted by atomic mass is 9.93. The Morgan fingerprint density at radius 3 is 2.39 bits per heavy atom. The van der Waals surface area contributed by atoms with E-state index in [1.165, 1.54) is 0 Å². The summed E-state index contributed by atoms with van der Waals surface area (Å²) < 4.78 is 0. The maximum absolute atomic E-state index is 13.5. The van der Waals surface area contributed by atoms with Gasteiger partial charge in [0.2, 0.25) is 5.91 Å². The molecule has 0 bridgehead atoms. The largest absolute Gasteiger partial charge is 0.481 e. The van der Waals surface area contributed by atoms with E-state index in [4.69, 9.17) is 5.11 Å². The Morgan fingerprint density at radius 2 is 1.61 bits per heavy atom. The van der Waals surface area contributed by atoms with Gasteiger partial charge in [0.25, 0.3) is 0 Å². The van der Waals surface area contributed by atoms with Crippen molar-refractivity contribution in [2.45, 2.75) is 45.6 Å². The Labute approximate surface area is 212 Å². The smallest absolute Gasteiger partial charge is 0.303 e. The number of anilines is 2. The molecule has 0 fully saturated rings. The SMILES string of the molecule is Cc1c(NCc2ccccc2)ccc(CCCC(=O)O)c1NC(=O)C(C)c1cccc2ccccc12. The summed E-state index contributed by atoms with van der Waals surface area (Å²) in [5.74, 6) is -1.26. The van der Waals surface area contributed by atoms with Gasteiger partial charge in [0.15, 0.2) is 0 Å². The van der Waals surface area contributed by atoms with Gasteiger partial charge < -0.3 is 15.7 Å². The van der Waals surface area contributed by atoms with Crippen molar-refractivity contribution in [2.75, 3.05) is 10.6 Å². The molecule has 3 N–H and O–H groups in total. The number of carboxylic acids is 1. The molecular weight excluding hydrogens is 448 g/mol. The molecule has 1 unspecified atom stereocenters. The summed E-state index contributed by atoms with van der Waals surface area (Å²) >= 11 is 0. The van der Waals surface area contributed by atoms with Crippen LogP contribution in [-0.2, 0) is 22.6 Å². The number of benzene rings is 4. The second-order valence-corrected chi connectivity index (χ2v) is 9.14. The van der Waals surface area contributed by atoms with Crippen molar-refractivity contribution in [2.24, 2.45) is 0 Å².